The van der Waals surface area contributed by atoms with Crippen molar-refractivity contribution in [3.8, 4) is 6.07 Å². The first-order valence-corrected chi connectivity index (χ1v) is 7.68. The zero-order chi connectivity index (χ0) is 16.1. The molecular formula is C16H12ClFN2OS. The highest BCUT2D eigenvalue weighted by molar-refractivity contribution is 8.00. The van der Waals surface area contributed by atoms with Gasteiger partial charge in [0.15, 0.2) is 0 Å². The molecule has 2 rings (SSSR count). The Bertz CT molecular complexity index is 728. The molecule has 112 valence electrons. The summed E-state index contributed by atoms with van der Waals surface area (Å²) >= 11 is 7.01. The monoisotopic (exact) mass is 334 g/mol. The van der Waals surface area contributed by atoms with E-state index >= 15 is 0 Å². The second kappa shape index (κ2) is 7.30. The lowest BCUT2D eigenvalue weighted by atomic mass is 10.2. The number of nitrogens with one attached hydrogen (secondary N) is 1. The molecule has 0 unspecified atom stereocenters. The van der Waals surface area contributed by atoms with Crippen LogP contribution in [0.15, 0.2) is 47.4 Å². The van der Waals surface area contributed by atoms with Gasteiger partial charge < -0.3 is 5.32 Å². The average molecular weight is 335 g/mol. The number of hydrogen-bond donors (Lipinski definition) is 1. The third kappa shape index (κ3) is 4.23. The molecule has 0 bridgehead atoms. The molecule has 1 N–H and O–H groups in total. The van der Waals surface area contributed by atoms with Gasteiger partial charge in [-0.2, -0.15) is 5.26 Å². The maximum atomic E-state index is 13.1. The first-order chi connectivity index (χ1) is 10.5. The van der Waals surface area contributed by atoms with E-state index in [0.29, 0.717) is 16.1 Å². The number of carbonyl (C=O) groups excluding carboxylic acids is 1. The van der Waals surface area contributed by atoms with Crippen molar-refractivity contribution in [2.45, 2.75) is 17.1 Å². The van der Waals surface area contributed by atoms with Crippen LogP contribution in [0.5, 0.6) is 0 Å². The minimum atomic E-state index is -0.485. The summed E-state index contributed by atoms with van der Waals surface area (Å²) in [6.07, 6.45) is 0. The Balaban J connectivity index is 1.99. The molecule has 1 amide bonds. The van der Waals surface area contributed by atoms with Crippen LogP contribution in [0.3, 0.4) is 0 Å². The fourth-order valence-electron chi connectivity index (χ4n) is 1.68. The van der Waals surface area contributed by atoms with Gasteiger partial charge in [0.1, 0.15) is 5.82 Å². The molecule has 1 atom stereocenters. The van der Waals surface area contributed by atoms with E-state index in [1.165, 1.54) is 23.9 Å². The van der Waals surface area contributed by atoms with Gasteiger partial charge in [0.2, 0.25) is 5.91 Å². The van der Waals surface area contributed by atoms with Crippen LogP contribution in [0.2, 0.25) is 5.02 Å². The van der Waals surface area contributed by atoms with Crippen LogP contribution in [0.4, 0.5) is 10.1 Å². The Hall–Kier alpha value is -2.03. The van der Waals surface area contributed by atoms with Gasteiger partial charge in [0.25, 0.3) is 0 Å². The standard InChI is InChI=1S/C16H12ClFN2OS/c1-10(22-13-6-7-15(18)14(17)8-13)16(21)20-12-4-2-11(9-19)3-5-12/h2-8,10H,1H3,(H,20,21)/t10-/m1/s1. The topological polar surface area (TPSA) is 52.9 Å². The molecular weight excluding hydrogens is 323 g/mol. The maximum absolute atomic E-state index is 13.1. The Kier molecular flexibility index (Phi) is 5.42. The number of hydrogen-bond acceptors (Lipinski definition) is 3. The van der Waals surface area contributed by atoms with E-state index in [9.17, 15) is 9.18 Å². The molecule has 22 heavy (non-hydrogen) atoms. The third-order valence-corrected chi connectivity index (χ3v) is 4.24. The summed E-state index contributed by atoms with van der Waals surface area (Å²) in [6, 6.07) is 13.0. The van der Waals surface area contributed by atoms with Crippen LogP contribution in [0.1, 0.15) is 12.5 Å². The number of halogens is 2. The number of nitriles is 1. The minimum Gasteiger partial charge on any atom is -0.325 e. The number of amides is 1. The van der Waals surface area contributed by atoms with Crippen molar-refractivity contribution in [3.63, 3.8) is 0 Å². The predicted molar refractivity (Wildman–Crippen MR) is 86.5 cm³/mol. The first-order valence-electron chi connectivity index (χ1n) is 6.42. The summed E-state index contributed by atoms with van der Waals surface area (Å²) in [4.78, 5) is 12.8. The highest BCUT2D eigenvalue weighted by Gasteiger charge is 2.15. The Morgan fingerprint density at radius 1 is 1.32 bits per heavy atom. The van der Waals surface area contributed by atoms with Crippen molar-refractivity contribution in [1.29, 1.82) is 5.26 Å². The van der Waals surface area contributed by atoms with Gasteiger partial charge in [0.05, 0.1) is 21.9 Å². The van der Waals surface area contributed by atoms with E-state index in [0.717, 1.165) is 0 Å². The summed E-state index contributed by atoms with van der Waals surface area (Å²) < 4.78 is 13.1. The van der Waals surface area contributed by atoms with Crippen LogP contribution in [-0.4, -0.2) is 11.2 Å². The molecule has 0 aromatic heterocycles. The number of thioether (sulfide) groups is 1. The number of anilines is 1. The number of rotatable bonds is 4. The van der Waals surface area contributed by atoms with Gasteiger partial charge in [-0.1, -0.05) is 11.6 Å². The molecule has 0 aliphatic heterocycles. The minimum absolute atomic E-state index is 0.0321. The highest BCUT2D eigenvalue weighted by Crippen LogP contribution is 2.28. The van der Waals surface area contributed by atoms with Gasteiger partial charge in [-0.05, 0) is 49.4 Å². The summed E-state index contributed by atoms with van der Waals surface area (Å²) in [7, 11) is 0. The SMILES string of the molecule is C[C@@H](Sc1ccc(F)c(Cl)c1)C(=O)Nc1ccc(C#N)cc1. The molecule has 2 aromatic rings. The zero-order valence-corrected chi connectivity index (χ0v) is 13.2. The number of carbonyl (C=O) groups is 1. The molecule has 0 fully saturated rings. The lowest BCUT2D eigenvalue weighted by molar-refractivity contribution is -0.115. The molecule has 2 aromatic carbocycles. The van der Waals surface area contributed by atoms with E-state index in [4.69, 9.17) is 16.9 Å². The van der Waals surface area contributed by atoms with E-state index in [1.54, 1.807) is 37.3 Å². The largest absolute Gasteiger partial charge is 0.325 e. The van der Waals surface area contributed by atoms with Crippen molar-refractivity contribution in [1.82, 2.24) is 0 Å². The van der Waals surface area contributed by atoms with Crippen LogP contribution < -0.4 is 5.32 Å². The lowest BCUT2D eigenvalue weighted by Crippen LogP contribution is -2.22. The summed E-state index contributed by atoms with van der Waals surface area (Å²) in [6.45, 7) is 1.75. The van der Waals surface area contributed by atoms with Gasteiger partial charge in [-0.25, -0.2) is 4.39 Å². The van der Waals surface area contributed by atoms with Gasteiger partial charge in [-0.15, -0.1) is 11.8 Å². The van der Waals surface area contributed by atoms with Crippen molar-refractivity contribution < 1.29 is 9.18 Å². The molecule has 6 heteroatoms. The second-order valence-electron chi connectivity index (χ2n) is 4.51. The normalized spacial score (nSPS) is 11.5. The molecule has 0 aliphatic carbocycles. The molecule has 3 nitrogen and oxygen atoms in total. The average Bonchev–Trinajstić information content (AvgIpc) is 2.51. The van der Waals surface area contributed by atoms with Crippen LogP contribution in [-0.2, 0) is 4.79 Å². The molecule has 0 radical (unpaired) electrons. The molecule has 0 saturated heterocycles. The fraction of sp³-hybridized carbons (Fsp3) is 0.125. The predicted octanol–water partition coefficient (Wildman–Crippen LogP) is 4.47. The van der Waals surface area contributed by atoms with Crippen LogP contribution >= 0.6 is 23.4 Å². The maximum Gasteiger partial charge on any atom is 0.237 e. The molecule has 0 aliphatic rings. The van der Waals surface area contributed by atoms with E-state index < -0.39 is 5.82 Å². The highest BCUT2D eigenvalue weighted by atomic mass is 35.5. The Labute approximate surface area is 137 Å². The van der Waals surface area contributed by atoms with E-state index in [2.05, 4.69) is 5.32 Å². The van der Waals surface area contributed by atoms with Crippen LogP contribution in [0, 0.1) is 17.1 Å². The quantitative estimate of drug-likeness (QED) is 0.839. The zero-order valence-electron chi connectivity index (χ0n) is 11.6. The van der Waals surface area contributed by atoms with Crippen molar-refractivity contribution in [3.05, 3.63) is 58.9 Å². The molecule has 0 saturated carbocycles. The van der Waals surface area contributed by atoms with E-state index in [1.807, 2.05) is 6.07 Å². The second-order valence-corrected chi connectivity index (χ2v) is 6.34. The fourth-order valence-corrected chi connectivity index (χ4v) is 2.83. The number of benzene rings is 2. The Morgan fingerprint density at radius 3 is 2.59 bits per heavy atom. The van der Waals surface area contributed by atoms with Crippen molar-refractivity contribution in [2.75, 3.05) is 5.32 Å². The molecule has 0 spiro atoms. The summed E-state index contributed by atoms with van der Waals surface area (Å²) in [5.41, 5.74) is 1.15. The van der Waals surface area contributed by atoms with E-state index in [-0.39, 0.29) is 16.2 Å². The smallest absolute Gasteiger partial charge is 0.237 e. The molecule has 0 heterocycles. The van der Waals surface area contributed by atoms with Crippen LogP contribution in [0.25, 0.3) is 0 Å². The van der Waals surface area contributed by atoms with Gasteiger partial charge >= 0.3 is 0 Å². The van der Waals surface area contributed by atoms with Crippen molar-refractivity contribution >= 4 is 35.0 Å². The van der Waals surface area contributed by atoms with Crippen molar-refractivity contribution in [2.24, 2.45) is 0 Å². The summed E-state index contributed by atoms with van der Waals surface area (Å²) in [5.74, 6) is -0.671. The van der Waals surface area contributed by atoms with Gasteiger partial charge in [0, 0.05) is 10.6 Å². The van der Waals surface area contributed by atoms with Gasteiger partial charge in [-0.3, -0.25) is 4.79 Å². The first kappa shape index (κ1) is 16.3. The number of nitrogens with zero attached hydrogens (tertiary/aromatic N) is 1. The summed E-state index contributed by atoms with van der Waals surface area (Å²) in [5, 5.41) is 11.1. The third-order valence-electron chi connectivity index (χ3n) is 2.85. The lowest BCUT2D eigenvalue weighted by Gasteiger charge is -2.12. The Morgan fingerprint density at radius 2 is 2.00 bits per heavy atom.